The maximum atomic E-state index is 11.2. The number of aryl methyl sites for hydroxylation is 2. The second-order valence-electron chi connectivity index (χ2n) is 6.90. The summed E-state index contributed by atoms with van der Waals surface area (Å²) in [5, 5.41) is 12.1. The molecule has 27 heavy (non-hydrogen) atoms. The predicted octanol–water partition coefficient (Wildman–Crippen LogP) is 5.56. The lowest BCUT2D eigenvalue weighted by molar-refractivity contribution is -0.133. The van der Waals surface area contributed by atoms with Crippen molar-refractivity contribution in [1.29, 1.82) is 0 Å². The molecule has 0 fully saturated rings. The van der Waals surface area contributed by atoms with Gasteiger partial charge in [-0.15, -0.1) is 11.3 Å². The van der Waals surface area contributed by atoms with Gasteiger partial charge in [0.05, 0.1) is 0 Å². The Morgan fingerprint density at radius 3 is 2.78 bits per heavy atom. The standard InChI is InChI=1S/C22H24ClNO2S/c1-15-9-12-27-21(15)20(19-8-7-18(23)13-16(19)2)6-4-11-24-10-3-5-17(14-24)22(25)26/h5-9,12-13H,3-4,10-11,14H2,1-2H3,(H,25,26). The molecular formula is C22H24ClNO2S. The van der Waals surface area contributed by atoms with Crippen LogP contribution in [0.2, 0.25) is 5.02 Å². The van der Waals surface area contributed by atoms with Crippen molar-refractivity contribution in [3.8, 4) is 0 Å². The lowest BCUT2D eigenvalue weighted by Crippen LogP contribution is -2.32. The maximum absolute atomic E-state index is 11.2. The molecular weight excluding hydrogens is 378 g/mol. The molecule has 1 aliphatic heterocycles. The normalized spacial score (nSPS) is 15.7. The van der Waals surface area contributed by atoms with Gasteiger partial charge in [-0.25, -0.2) is 4.79 Å². The molecule has 0 saturated carbocycles. The zero-order valence-corrected chi connectivity index (χ0v) is 17.2. The lowest BCUT2D eigenvalue weighted by Gasteiger charge is -2.25. The monoisotopic (exact) mass is 401 g/mol. The van der Waals surface area contributed by atoms with E-state index in [2.05, 4.69) is 42.3 Å². The summed E-state index contributed by atoms with van der Waals surface area (Å²) in [5.74, 6) is -0.804. The lowest BCUT2D eigenvalue weighted by atomic mass is 9.96. The highest BCUT2D eigenvalue weighted by molar-refractivity contribution is 7.11. The number of hydrogen-bond donors (Lipinski definition) is 1. The van der Waals surface area contributed by atoms with E-state index in [9.17, 15) is 9.90 Å². The van der Waals surface area contributed by atoms with Crippen molar-refractivity contribution < 1.29 is 9.90 Å². The van der Waals surface area contributed by atoms with Gasteiger partial charge in [0.2, 0.25) is 0 Å². The van der Waals surface area contributed by atoms with E-state index in [1.807, 2.05) is 18.2 Å². The second-order valence-corrected chi connectivity index (χ2v) is 8.25. The number of aliphatic carboxylic acids is 1. The van der Waals surface area contributed by atoms with Crippen molar-refractivity contribution in [2.75, 3.05) is 19.6 Å². The SMILES string of the molecule is Cc1cc(Cl)ccc1C(=CCCN1CCC=C(C(=O)O)C1)c1sccc1C. The van der Waals surface area contributed by atoms with Crippen LogP contribution in [0.25, 0.3) is 5.57 Å². The molecule has 1 aliphatic rings. The summed E-state index contributed by atoms with van der Waals surface area (Å²) in [6.45, 7) is 6.52. The van der Waals surface area contributed by atoms with Crippen LogP contribution in [0.4, 0.5) is 0 Å². The largest absolute Gasteiger partial charge is 0.478 e. The van der Waals surface area contributed by atoms with Crippen molar-refractivity contribution in [2.45, 2.75) is 26.7 Å². The van der Waals surface area contributed by atoms with Gasteiger partial charge in [-0.1, -0.05) is 29.8 Å². The molecule has 1 aromatic heterocycles. The second kappa shape index (κ2) is 8.87. The number of halogens is 1. The third-order valence-electron chi connectivity index (χ3n) is 4.88. The molecule has 3 rings (SSSR count). The minimum Gasteiger partial charge on any atom is -0.478 e. The maximum Gasteiger partial charge on any atom is 0.332 e. The van der Waals surface area contributed by atoms with Gasteiger partial charge in [-0.2, -0.15) is 0 Å². The molecule has 0 bridgehead atoms. The Hall–Kier alpha value is -1.88. The Balaban J connectivity index is 1.81. The molecule has 0 spiro atoms. The number of thiophene rings is 1. The van der Waals surface area contributed by atoms with Crippen molar-refractivity contribution in [1.82, 2.24) is 4.90 Å². The third-order valence-corrected chi connectivity index (χ3v) is 6.17. The summed E-state index contributed by atoms with van der Waals surface area (Å²) in [7, 11) is 0. The molecule has 0 saturated heterocycles. The highest BCUT2D eigenvalue weighted by atomic mass is 35.5. The molecule has 0 aliphatic carbocycles. The highest BCUT2D eigenvalue weighted by Gasteiger charge is 2.17. The number of benzene rings is 1. The van der Waals surface area contributed by atoms with E-state index >= 15 is 0 Å². The fourth-order valence-electron chi connectivity index (χ4n) is 3.45. The van der Waals surface area contributed by atoms with Gasteiger partial charge in [-0.05, 0) is 72.5 Å². The molecule has 0 atom stereocenters. The Morgan fingerprint density at radius 1 is 1.30 bits per heavy atom. The molecule has 0 unspecified atom stereocenters. The quantitative estimate of drug-likeness (QED) is 0.689. The summed E-state index contributed by atoms with van der Waals surface area (Å²) in [6, 6.07) is 8.18. The molecule has 0 radical (unpaired) electrons. The van der Waals surface area contributed by atoms with E-state index in [0.29, 0.717) is 12.1 Å². The smallest absolute Gasteiger partial charge is 0.332 e. The zero-order chi connectivity index (χ0) is 19.4. The van der Waals surface area contributed by atoms with Crippen LogP contribution >= 0.6 is 22.9 Å². The average molecular weight is 402 g/mol. The van der Waals surface area contributed by atoms with Crippen LogP contribution in [0.15, 0.2) is 47.4 Å². The topological polar surface area (TPSA) is 40.5 Å². The summed E-state index contributed by atoms with van der Waals surface area (Å²) < 4.78 is 0. The molecule has 1 N–H and O–H groups in total. The predicted molar refractivity (Wildman–Crippen MR) is 114 cm³/mol. The van der Waals surface area contributed by atoms with Crippen molar-refractivity contribution in [3.63, 3.8) is 0 Å². The van der Waals surface area contributed by atoms with Crippen LogP contribution < -0.4 is 0 Å². The number of hydrogen-bond acceptors (Lipinski definition) is 3. The minimum absolute atomic E-state index is 0.508. The van der Waals surface area contributed by atoms with Crippen LogP contribution in [0.3, 0.4) is 0 Å². The van der Waals surface area contributed by atoms with Gasteiger partial charge in [0.1, 0.15) is 0 Å². The molecule has 1 aromatic carbocycles. The summed E-state index contributed by atoms with van der Waals surface area (Å²) in [5.41, 5.74) is 5.38. The Bertz CT molecular complexity index is 897. The molecule has 3 nitrogen and oxygen atoms in total. The fourth-order valence-corrected chi connectivity index (χ4v) is 4.66. The first kappa shape index (κ1) is 19.9. The first-order valence-corrected chi connectivity index (χ1v) is 10.4. The number of carbonyl (C=O) groups is 1. The first-order chi connectivity index (χ1) is 13.0. The van der Waals surface area contributed by atoms with Gasteiger partial charge in [0.25, 0.3) is 0 Å². The molecule has 0 amide bonds. The molecule has 2 heterocycles. The van der Waals surface area contributed by atoms with Gasteiger partial charge >= 0.3 is 5.97 Å². The summed E-state index contributed by atoms with van der Waals surface area (Å²) >= 11 is 7.90. The van der Waals surface area contributed by atoms with E-state index < -0.39 is 5.97 Å². The Labute approximate surface area is 169 Å². The zero-order valence-electron chi connectivity index (χ0n) is 15.7. The van der Waals surface area contributed by atoms with Crippen LogP contribution in [0.1, 0.15) is 34.4 Å². The molecule has 2 aromatic rings. The van der Waals surface area contributed by atoms with Crippen molar-refractivity contribution >= 4 is 34.5 Å². The van der Waals surface area contributed by atoms with Gasteiger partial charge < -0.3 is 5.11 Å². The number of rotatable bonds is 6. The van der Waals surface area contributed by atoms with E-state index in [1.165, 1.54) is 21.6 Å². The Morgan fingerprint density at radius 2 is 2.11 bits per heavy atom. The van der Waals surface area contributed by atoms with E-state index in [4.69, 9.17) is 11.6 Å². The number of carboxylic acids is 1. The fraction of sp³-hybridized carbons (Fsp3) is 0.318. The molecule has 142 valence electrons. The third kappa shape index (κ3) is 4.89. The van der Waals surface area contributed by atoms with Crippen LogP contribution in [0, 0.1) is 13.8 Å². The number of nitrogens with zero attached hydrogens (tertiary/aromatic N) is 1. The van der Waals surface area contributed by atoms with Gasteiger partial charge in [-0.3, -0.25) is 4.90 Å². The minimum atomic E-state index is -0.804. The summed E-state index contributed by atoms with van der Waals surface area (Å²) in [4.78, 5) is 14.7. The van der Waals surface area contributed by atoms with Crippen LogP contribution in [-0.4, -0.2) is 35.6 Å². The Kier molecular flexibility index (Phi) is 6.53. The number of carboxylic acid groups (broad SMARTS) is 1. The van der Waals surface area contributed by atoms with E-state index in [0.717, 1.165) is 36.5 Å². The van der Waals surface area contributed by atoms with Crippen LogP contribution in [0.5, 0.6) is 0 Å². The van der Waals surface area contributed by atoms with Crippen molar-refractivity contribution in [3.05, 3.63) is 74.0 Å². The van der Waals surface area contributed by atoms with E-state index in [-0.39, 0.29) is 0 Å². The van der Waals surface area contributed by atoms with Gasteiger partial charge in [0, 0.05) is 35.1 Å². The summed E-state index contributed by atoms with van der Waals surface area (Å²) in [6.07, 6.45) is 5.81. The van der Waals surface area contributed by atoms with E-state index in [1.54, 1.807) is 11.3 Å². The highest BCUT2D eigenvalue weighted by Crippen LogP contribution is 2.33. The molecule has 5 heteroatoms. The van der Waals surface area contributed by atoms with Crippen molar-refractivity contribution in [2.24, 2.45) is 0 Å². The van der Waals surface area contributed by atoms with Gasteiger partial charge in [0.15, 0.2) is 0 Å². The average Bonchev–Trinajstić information content (AvgIpc) is 3.05. The van der Waals surface area contributed by atoms with Crippen LogP contribution in [-0.2, 0) is 4.79 Å². The first-order valence-electron chi connectivity index (χ1n) is 9.11.